The van der Waals surface area contributed by atoms with E-state index in [0.29, 0.717) is 0 Å². The second-order valence-corrected chi connectivity index (χ2v) is 4.33. The summed E-state index contributed by atoms with van der Waals surface area (Å²) in [5, 5.41) is 0. The molecule has 0 heteroatoms. The van der Waals surface area contributed by atoms with Gasteiger partial charge in [0.25, 0.3) is 0 Å². The molecule has 0 aliphatic heterocycles. The maximum Gasteiger partial charge on any atom is -0.0171 e. The minimum Gasteiger partial charge on any atom is -0.0845 e. The Morgan fingerprint density at radius 1 is 1.00 bits per heavy atom. The van der Waals surface area contributed by atoms with Crippen LogP contribution >= 0.6 is 0 Å². The maximum atomic E-state index is 2.46. The summed E-state index contributed by atoms with van der Waals surface area (Å²) in [6.07, 6.45) is 6.30. The Morgan fingerprint density at radius 2 is 1.45 bits per heavy atom. The number of hydrogen-bond donors (Lipinski definition) is 0. The zero-order chi connectivity index (χ0) is 8.01. The average molecular weight is 150 g/mol. The minimum atomic E-state index is 0.917. The Bertz CT molecular complexity index is 162. The lowest BCUT2D eigenvalue weighted by Gasteiger charge is -2.19. The molecule has 1 saturated carbocycles. The Hall–Kier alpha value is -0.260. The van der Waals surface area contributed by atoms with Gasteiger partial charge in [-0.25, -0.2) is 0 Å². The third kappa shape index (κ3) is 0.816. The summed E-state index contributed by atoms with van der Waals surface area (Å²) in [6.45, 7) is 7.17. The molecule has 0 N–H and O–H groups in total. The summed E-state index contributed by atoms with van der Waals surface area (Å²) in [4.78, 5) is 0. The SMILES string of the molecule is CCC1C2C=CC1[C@@H](C)[C@@H]2C. The molecule has 1 fully saturated rings. The second kappa shape index (κ2) is 2.36. The highest BCUT2D eigenvalue weighted by molar-refractivity contribution is 5.15. The van der Waals surface area contributed by atoms with Crippen molar-refractivity contribution >= 4 is 0 Å². The van der Waals surface area contributed by atoms with Gasteiger partial charge in [-0.2, -0.15) is 0 Å². The first-order chi connectivity index (χ1) is 5.25. The summed E-state index contributed by atoms with van der Waals surface area (Å²) in [5.74, 6) is 4.70. The van der Waals surface area contributed by atoms with Gasteiger partial charge in [0, 0.05) is 0 Å². The Morgan fingerprint density at radius 3 is 1.73 bits per heavy atom. The first kappa shape index (κ1) is 7.39. The Kier molecular flexibility index (Phi) is 1.59. The van der Waals surface area contributed by atoms with Gasteiger partial charge in [-0.05, 0) is 29.6 Å². The van der Waals surface area contributed by atoms with Gasteiger partial charge in [-0.1, -0.05) is 39.3 Å². The van der Waals surface area contributed by atoms with E-state index in [1.807, 2.05) is 0 Å². The third-order valence-electron chi connectivity index (χ3n) is 4.06. The van der Waals surface area contributed by atoms with Crippen LogP contribution < -0.4 is 0 Å². The van der Waals surface area contributed by atoms with E-state index in [2.05, 4.69) is 32.9 Å². The monoisotopic (exact) mass is 150 g/mol. The smallest absolute Gasteiger partial charge is 0.0171 e. The van der Waals surface area contributed by atoms with Crippen molar-refractivity contribution in [3.8, 4) is 0 Å². The third-order valence-corrected chi connectivity index (χ3v) is 4.06. The van der Waals surface area contributed by atoms with Crippen LogP contribution in [-0.4, -0.2) is 0 Å². The van der Waals surface area contributed by atoms with Gasteiger partial charge < -0.3 is 0 Å². The summed E-state index contributed by atoms with van der Waals surface area (Å²) in [7, 11) is 0. The van der Waals surface area contributed by atoms with Crippen LogP contribution in [0.2, 0.25) is 0 Å². The summed E-state index contributed by atoms with van der Waals surface area (Å²) in [6, 6.07) is 0. The molecular weight excluding hydrogens is 132 g/mol. The van der Waals surface area contributed by atoms with Crippen LogP contribution in [0, 0.1) is 29.6 Å². The lowest BCUT2D eigenvalue weighted by atomic mass is 9.86. The van der Waals surface area contributed by atoms with Crippen molar-refractivity contribution in [2.24, 2.45) is 29.6 Å². The quantitative estimate of drug-likeness (QED) is 0.504. The van der Waals surface area contributed by atoms with Gasteiger partial charge >= 0.3 is 0 Å². The highest BCUT2D eigenvalue weighted by atomic mass is 14.5. The highest BCUT2D eigenvalue weighted by Crippen LogP contribution is 2.52. The molecule has 0 nitrogen and oxygen atoms in total. The molecule has 62 valence electrons. The van der Waals surface area contributed by atoms with E-state index in [1.54, 1.807) is 0 Å². The van der Waals surface area contributed by atoms with Crippen LogP contribution in [0.1, 0.15) is 27.2 Å². The topological polar surface area (TPSA) is 0 Å². The van der Waals surface area contributed by atoms with E-state index in [9.17, 15) is 0 Å². The van der Waals surface area contributed by atoms with Gasteiger partial charge in [0.05, 0.1) is 0 Å². The van der Waals surface area contributed by atoms with Crippen LogP contribution in [0.15, 0.2) is 12.2 Å². The van der Waals surface area contributed by atoms with Crippen molar-refractivity contribution in [1.82, 2.24) is 0 Å². The van der Waals surface area contributed by atoms with Crippen molar-refractivity contribution in [2.75, 3.05) is 0 Å². The molecule has 4 atom stereocenters. The predicted octanol–water partition coefficient (Wildman–Crippen LogP) is 3.10. The molecule has 2 aliphatic rings. The molecule has 2 bridgehead atoms. The first-order valence-electron chi connectivity index (χ1n) is 4.94. The van der Waals surface area contributed by atoms with Gasteiger partial charge in [-0.3, -0.25) is 0 Å². The zero-order valence-electron chi connectivity index (χ0n) is 7.75. The molecule has 0 heterocycles. The number of allylic oxidation sites excluding steroid dienone is 2. The molecular formula is C11H18. The van der Waals surface area contributed by atoms with Gasteiger partial charge in [0.15, 0.2) is 0 Å². The van der Waals surface area contributed by atoms with E-state index in [-0.39, 0.29) is 0 Å². The lowest BCUT2D eigenvalue weighted by molar-refractivity contribution is 0.364. The van der Waals surface area contributed by atoms with Crippen molar-refractivity contribution < 1.29 is 0 Å². The Balaban J connectivity index is 2.23. The number of rotatable bonds is 1. The normalized spacial score (nSPS) is 53.9. The van der Waals surface area contributed by atoms with E-state index in [0.717, 1.165) is 29.6 Å². The zero-order valence-corrected chi connectivity index (χ0v) is 7.75. The van der Waals surface area contributed by atoms with Crippen molar-refractivity contribution in [3.05, 3.63) is 12.2 Å². The molecule has 0 aromatic heterocycles. The Labute approximate surface area is 69.7 Å². The largest absolute Gasteiger partial charge is 0.0845 e. The second-order valence-electron chi connectivity index (χ2n) is 4.33. The van der Waals surface area contributed by atoms with Crippen LogP contribution in [0.4, 0.5) is 0 Å². The summed E-state index contributed by atoms with van der Waals surface area (Å²) in [5.41, 5.74) is 0. The fourth-order valence-electron chi connectivity index (χ4n) is 3.17. The van der Waals surface area contributed by atoms with Crippen molar-refractivity contribution in [3.63, 3.8) is 0 Å². The fraction of sp³-hybridized carbons (Fsp3) is 0.818. The predicted molar refractivity (Wildman–Crippen MR) is 48.2 cm³/mol. The molecule has 0 spiro atoms. The molecule has 0 aromatic carbocycles. The molecule has 0 saturated heterocycles. The van der Waals surface area contributed by atoms with Gasteiger partial charge in [-0.15, -0.1) is 0 Å². The van der Waals surface area contributed by atoms with Crippen LogP contribution in [0.25, 0.3) is 0 Å². The molecule has 2 aliphatic carbocycles. The number of fused-ring (bicyclic) bond motifs is 2. The molecule has 0 aromatic rings. The van der Waals surface area contributed by atoms with Crippen LogP contribution in [-0.2, 0) is 0 Å². The lowest BCUT2D eigenvalue weighted by Crippen LogP contribution is -2.12. The van der Waals surface area contributed by atoms with E-state index >= 15 is 0 Å². The van der Waals surface area contributed by atoms with E-state index in [1.165, 1.54) is 6.42 Å². The summed E-state index contributed by atoms with van der Waals surface area (Å²) >= 11 is 0. The van der Waals surface area contributed by atoms with E-state index < -0.39 is 0 Å². The molecule has 2 unspecified atom stereocenters. The van der Waals surface area contributed by atoms with Crippen LogP contribution in [0.5, 0.6) is 0 Å². The van der Waals surface area contributed by atoms with Crippen LogP contribution in [0.3, 0.4) is 0 Å². The van der Waals surface area contributed by atoms with E-state index in [4.69, 9.17) is 0 Å². The average Bonchev–Trinajstić information content (AvgIpc) is 2.50. The fourth-order valence-corrected chi connectivity index (χ4v) is 3.17. The van der Waals surface area contributed by atoms with Crippen molar-refractivity contribution in [2.45, 2.75) is 27.2 Å². The molecule has 11 heavy (non-hydrogen) atoms. The first-order valence-corrected chi connectivity index (χ1v) is 4.94. The molecule has 0 amide bonds. The number of hydrogen-bond acceptors (Lipinski definition) is 0. The van der Waals surface area contributed by atoms with Gasteiger partial charge in [0.2, 0.25) is 0 Å². The molecule has 2 rings (SSSR count). The van der Waals surface area contributed by atoms with Crippen molar-refractivity contribution in [1.29, 1.82) is 0 Å². The summed E-state index contributed by atoms with van der Waals surface area (Å²) < 4.78 is 0. The maximum absolute atomic E-state index is 2.46. The van der Waals surface area contributed by atoms with Gasteiger partial charge in [0.1, 0.15) is 0 Å². The standard InChI is InChI=1S/C11H18/c1-4-9-10-5-6-11(9)8(3)7(10)2/h5-11H,4H2,1-3H3/t7-,8-,9?,10?,11?/m0/s1. The highest BCUT2D eigenvalue weighted by Gasteiger charge is 2.46. The minimum absolute atomic E-state index is 0.917. The molecule has 0 radical (unpaired) electrons.